The third kappa shape index (κ3) is 3.83. The molecular weight excluding hydrogens is 466 g/mol. The molecule has 0 fully saturated rings. The summed E-state index contributed by atoms with van der Waals surface area (Å²) >= 11 is 1.30. The molecule has 36 heavy (non-hydrogen) atoms. The van der Waals surface area contributed by atoms with E-state index in [1.54, 1.807) is 11.2 Å². The first-order valence-corrected chi connectivity index (χ1v) is 12.3. The summed E-state index contributed by atoms with van der Waals surface area (Å²) in [5.74, 6) is 0.464. The van der Waals surface area contributed by atoms with Gasteiger partial charge in [-0.15, -0.1) is 11.3 Å². The predicted octanol–water partition coefficient (Wildman–Crippen LogP) is 7.78. The SMILES string of the molecule is Nc1c(C(=O)N(c2ccccc2)c2ccccc2)sc2nc(-c3ccccc3)cc(-c3ccco3)c12. The molecule has 3 aromatic carbocycles. The third-order valence-corrected chi connectivity index (χ3v) is 7.07. The summed E-state index contributed by atoms with van der Waals surface area (Å²) in [5, 5.41) is 0.721. The van der Waals surface area contributed by atoms with Crippen LogP contribution >= 0.6 is 11.3 Å². The number of nitrogens with two attached hydrogens (primary N) is 1. The van der Waals surface area contributed by atoms with Gasteiger partial charge in [0.2, 0.25) is 0 Å². The van der Waals surface area contributed by atoms with Gasteiger partial charge in [-0.1, -0.05) is 66.7 Å². The van der Waals surface area contributed by atoms with Crippen molar-refractivity contribution in [2.75, 3.05) is 10.6 Å². The number of rotatable bonds is 5. The fraction of sp³-hybridized carbons (Fsp3) is 0. The van der Waals surface area contributed by atoms with E-state index in [0.717, 1.165) is 33.6 Å². The van der Waals surface area contributed by atoms with Gasteiger partial charge in [-0.25, -0.2) is 4.98 Å². The fourth-order valence-electron chi connectivity index (χ4n) is 4.30. The van der Waals surface area contributed by atoms with Crippen molar-refractivity contribution >= 4 is 44.5 Å². The Balaban J connectivity index is 1.56. The van der Waals surface area contributed by atoms with Gasteiger partial charge in [0.25, 0.3) is 5.91 Å². The Morgan fingerprint density at radius 3 is 2.00 bits per heavy atom. The fourth-order valence-corrected chi connectivity index (χ4v) is 5.35. The van der Waals surface area contributed by atoms with E-state index in [1.165, 1.54) is 11.3 Å². The van der Waals surface area contributed by atoms with Gasteiger partial charge in [0, 0.05) is 27.9 Å². The number of carbonyl (C=O) groups excluding carboxylic acids is 1. The number of furan rings is 1. The highest BCUT2D eigenvalue weighted by Gasteiger charge is 2.27. The number of nitrogens with zero attached hydrogens (tertiary/aromatic N) is 2. The lowest BCUT2D eigenvalue weighted by atomic mass is 10.0. The van der Waals surface area contributed by atoms with E-state index in [4.69, 9.17) is 15.1 Å². The second kappa shape index (κ2) is 9.17. The molecule has 174 valence electrons. The number of hydrogen-bond donors (Lipinski definition) is 1. The predicted molar refractivity (Wildman–Crippen MR) is 147 cm³/mol. The molecule has 0 spiro atoms. The summed E-state index contributed by atoms with van der Waals surface area (Å²) in [6.07, 6.45) is 1.63. The number of carbonyl (C=O) groups is 1. The van der Waals surface area contributed by atoms with Gasteiger partial charge in [-0.3, -0.25) is 9.69 Å². The summed E-state index contributed by atoms with van der Waals surface area (Å²) in [6, 6.07) is 34.8. The second-order valence-corrected chi connectivity index (χ2v) is 9.23. The molecule has 5 nitrogen and oxygen atoms in total. The van der Waals surface area contributed by atoms with E-state index < -0.39 is 0 Å². The van der Waals surface area contributed by atoms with Crippen LogP contribution in [-0.4, -0.2) is 10.9 Å². The molecule has 0 unspecified atom stereocenters. The molecule has 6 aromatic rings. The van der Waals surface area contributed by atoms with Crippen LogP contribution in [-0.2, 0) is 0 Å². The molecule has 0 saturated carbocycles. The lowest BCUT2D eigenvalue weighted by Gasteiger charge is -2.22. The zero-order valence-electron chi connectivity index (χ0n) is 19.2. The minimum Gasteiger partial charge on any atom is -0.464 e. The first-order chi connectivity index (χ1) is 17.7. The molecular formula is C30H21N3O2S. The molecule has 6 rings (SSSR count). The Morgan fingerprint density at radius 1 is 0.806 bits per heavy atom. The van der Waals surface area contributed by atoms with Crippen molar-refractivity contribution in [1.82, 2.24) is 4.98 Å². The van der Waals surface area contributed by atoms with Crippen molar-refractivity contribution < 1.29 is 9.21 Å². The first kappa shape index (κ1) is 21.8. The standard InChI is InChI=1S/C30H21N3O2S/c31-27-26-23(25-17-10-18-35-25)19-24(20-11-4-1-5-12-20)32-29(26)36-28(27)30(34)33(21-13-6-2-7-14-21)22-15-8-3-9-16-22/h1-19H,31H2. The number of amides is 1. The maximum atomic E-state index is 14.1. The van der Waals surface area contributed by atoms with Gasteiger partial charge in [-0.2, -0.15) is 0 Å². The van der Waals surface area contributed by atoms with E-state index in [0.29, 0.717) is 21.2 Å². The summed E-state index contributed by atoms with van der Waals surface area (Å²) in [6.45, 7) is 0. The van der Waals surface area contributed by atoms with Crippen LogP contribution in [0.25, 0.3) is 32.8 Å². The number of nitrogen functional groups attached to an aromatic ring is 1. The molecule has 0 radical (unpaired) electrons. The normalized spacial score (nSPS) is 11.0. The van der Waals surface area contributed by atoms with Gasteiger partial charge < -0.3 is 10.2 Å². The monoisotopic (exact) mass is 487 g/mol. The second-order valence-electron chi connectivity index (χ2n) is 8.24. The number of anilines is 3. The average Bonchev–Trinajstić information content (AvgIpc) is 3.59. The number of thiophene rings is 1. The molecule has 0 saturated heterocycles. The van der Waals surface area contributed by atoms with Crippen LogP contribution in [0.2, 0.25) is 0 Å². The largest absolute Gasteiger partial charge is 0.464 e. The van der Waals surface area contributed by atoms with Crippen LogP contribution in [0.5, 0.6) is 0 Å². The van der Waals surface area contributed by atoms with Crippen molar-refractivity contribution in [3.05, 3.63) is 120 Å². The van der Waals surface area contributed by atoms with E-state index in [1.807, 2.05) is 109 Å². The number of hydrogen-bond acceptors (Lipinski definition) is 5. The van der Waals surface area contributed by atoms with Crippen LogP contribution in [0.1, 0.15) is 9.67 Å². The molecule has 0 aliphatic heterocycles. The van der Waals surface area contributed by atoms with Gasteiger partial charge >= 0.3 is 0 Å². The topological polar surface area (TPSA) is 72.4 Å². The van der Waals surface area contributed by atoms with Crippen molar-refractivity contribution in [3.8, 4) is 22.6 Å². The van der Waals surface area contributed by atoms with Gasteiger partial charge in [0.15, 0.2) is 0 Å². The Labute approximate surface area is 212 Å². The number of para-hydroxylation sites is 2. The number of fused-ring (bicyclic) bond motifs is 1. The van der Waals surface area contributed by atoms with Crippen LogP contribution in [0.3, 0.4) is 0 Å². The lowest BCUT2D eigenvalue weighted by Crippen LogP contribution is -2.25. The van der Waals surface area contributed by atoms with E-state index in [2.05, 4.69) is 0 Å². The van der Waals surface area contributed by atoms with E-state index in [9.17, 15) is 4.79 Å². The maximum absolute atomic E-state index is 14.1. The molecule has 3 heterocycles. The molecule has 3 aromatic heterocycles. The average molecular weight is 488 g/mol. The van der Waals surface area contributed by atoms with Crippen molar-refractivity contribution in [3.63, 3.8) is 0 Å². The van der Waals surface area contributed by atoms with Gasteiger partial charge in [0.05, 0.1) is 17.6 Å². The molecule has 2 N–H and O–H groups in total. The van der Waals surface area contributed by atoms with Crippen molar-refractivity contribution in [1.29, 1.82) is 0 Å². The van der Waals surface area contributed by atoms with Crippen molar-refractivity contribution in [2.45, 2.75) is 0 Å². The Kier molecular flexibility index (Phi) is 5.56. The highest BCUT2D eigenvalue weighted by Crippen LogP contribution is 2.43. The van der Waals surface area contributed by atoms with Crippen LogP contribution in [0.4, 0.5) is 17.1 Å². The maximum Gasteiger partial charge on any atom is 0.275 e. The summed E-state index contributed by atoms with van der Waals surface area (Å²) in [4.78, 5) is 21.8. The smallest absolute Gasteiger partial charge is 0.275 e. The molecule has 0 bridgehead atoms. The van der Waals surface area contributed by atoms with Gasteiger partial charge in [-0.05, 0) is 42.5 Å². The first-order valence-electron chi connectivity index (χ1n) is 11.5. The Hall–Kier alpha value is -4.68. The van der Waals surface area contributed by atoms with E-state index in [-0.39, 0.29) is 5.91 Å². The number of pyridine rings is 1. The van der Waals surface area contributed by atoms with Gasteiger partial charge in [0.1, 0.15) is 15.5 Å². The Morgan fingerprint density at radius 2 is 1.42 bits per heavy atom. The molecule has 6 heteroatoms. The molecule has 0 atom stereocenters. The zero-order valence-corrected chi connectivity index (χ0v) is 20.0. The third-order valence-electron chi connectivity index (χ3n) is 5.98. The molecule has 1 amide bonds. The number of benzene rings is 3. The highest BCUT2D eigenvalue weighted by molar-refractivity contribution is 7.21. The molecule has 0 aliphatic rings. The number of aromatic nitrogens is 1. The summed E-state index contributed by atoms with van der Waals surface area (Å²) in [7, 11) is 0. The van der Waals surface area contributed by atoms with Crippen molar-refractivity contribution in [2.24, 2.45) is 0 Å². The van der Waals surface area contributed by atoms with Crippen LogP contribution < -0.4 is 10.6 Å². The zero-order chi connectivity index (χ0) is 24.5. The minimum absolute atomic E-state index is 0.209. The van der Waals surface area contributed by atoms with Crippen LogP contribution in [0, 0.1) is 0 Å². The molecule has 0 aliphatic carbocycles. The van der Waals surface area contributed by atoms with Crippen LogP contribution in [0.15, 0.2) is 120 Å². The Bertz CT molecular complexity index is 1610. The van der Waals surface area contributed by atoms with E-state index >= 15 is 0 Å². The quantitative estimate of drug-likeness (QED) is 0.269. The highest BCUT2D eigenvalue weighted by atomic mass is 32.1. The lowest BCUT2D eigenvalue weighted by molar-refractivity contribution is 0.100. The summed E-state index contributed by atoms with van der Waals surface area (Å²) in [5.41, 5.74) is 11.2. The summed E-state index contributed by atoms with van der Waals surface area (Å²) < 4.78 is 5.76. The minimum atomic E-state index is -0.209.